The minimum absolute atomic E-state index is 0.149. The van der Waals surface area contributed by atoms with Gasteiger partial charge in [-0.2, -0.15) is 5.10 Å². The molecule has 1 atom stereocenters. The van der Waals surface area contributed by atoms with E-state index in [2.05, 4.69) is 6.58 Å². The molecule has 0 aliphatic carbocycles. The van der Waals surface area contributed by atoms with E-state index in [4.69, 9.17) is 24.3 Å². The summed E-state index contributed by atoms with van der Waals surface area (Å²) in [5, 5.41) is 7.79. The molecule has 5 heterocycles. The highest BCUT2D eigenvalue weighted by Gasteiger charge is 2.31. The van der Waals surface area contributed by atoms with Gasteiger partial charge >= 0.3 is 0 Å². The van der Waals surface area contributed by atoms with Crippen molar-refractivity contribution in [3.05, 3.63) is 96.0 Å². The third kappa shape index (κ3) is 5.92. The summed E-state index contributed by atoms with van der Waals surface area (Å²) in [6.07, 6.45) is 5.76. The summed E-state index contributed by atoms with van der Waals surface area (Å²) in [4.78, 5) is 19.6. The third-order valence-corrected chi connectivity index (χ3v) is 9.32. The summed E-state index contributed by atoms with van der Waals surface area (Å²) in [6.45, 7) is 7.83. The molecular weight excluding hydrogens is 622 g/mol. The lowest BCUT2D eigenvalue weighted by Crippen LogP contribution is -2.40. The normalized spacial score (nSPS) is 17.4. The smallest absolute Gasteiger partial charge is 0.246 e. The highest BCUT2D eigenvalue weighted by Crippen LogP contribution is 2.47. The van der Waals surface area contributed by atoms with Crippen LogP contribution in [0.4, 0.5) is 8.78 Å². The number of nitrogens with zero attached hydrogens (tertiary/aromatic N) is 4. The van der Waals surface area contributed by atoms with Gasteiger partial charge in [-0.3, -0.25) is 9.48 Å². The van der Waals surface area contributed by atoms with Gasteiger partial charge in [0, 0.05) is 45.5 Å². The zero-order valence-corrected chi connectivity index (χ0v) is 26.6. The van der Waals surface area contributed by atoms with Gasteiger partial charge in [-0.15, -0.1) is 11.3 Å². The Labute approximate surface area is 274 Å². The fraction of sp³-hybridized carbons (Fsp3) is 0.250. The zero-order valence-electron chi connectivity index (χ0n) is 25.7. The maximum absolute atomic E-state index is 14.7. The van der Waals surface area contributed by atoms with E-state index in [0.29, 0.717) is 79.0 Å². The summed E-state index contributed by atoms with van der Waals surface area (Å²) in [5.41, 5.74) is 4.58. The van der Waals surface area contributed by atoms with Crippen LogP contribution in [-0.2, 0) is 16.1 Å². The molecule has 2 aliphatic rings. The number of halogens is 2. The summed E-state index contributed by atoms with van der Waals surface area (Å²) in [5.74, 6) is -0.285. The van der Waals surface area contributed by atoms with Crippen LogP contribution in [-0.4, -0.2) is 58.5 Å². The number of hydrogen-bond donors (Lipinski definition) is 0. The van der Waals surface area contributed by atoms with Gasteiger partial charge in [0.1, 0.15) is 41.1 Å². The van der Waals surface area contributed by atoms with Gasteiger partial charge in [-0.05, 0) is 61.2 Å². The van der Waals surface area contributed by atoms with Gasteiger partial charge < -0.3 is 19.1 Å². The fourth-order valence-corrected chi connectivity index (χ4v) is 7.08. The van der Waals surface area contributed by atoms with Gasteiger partial charge in [0.2, 0.25) is 5.91 Å². The minimum Gasteiger partial charge on any atom is -0.492 e. The number of carbonyl (C=O) groups is 1. The number of hydrogen-bond acceptors (Lipinski definition) is 7. The molecular formula is C36H32F2N4O4S. The highest BCUT2D eigenvalue weighted by atomic mass is 32.1. The van der Waals surface area contributed by atoms with Crippen LogP contribution in [0, 0.1) is 11.6 Å². The van der Waals surface area contributed by atoms with Crippen LogP contribution in [0.25, 0.3) is 43.9 Å². The van der Waals surface area contributed by atoms with E-state index in [1.54, 1.807) is 17.0 Å². The van der Waals surface area contributed by atoms with Crippen LogP contribution in [0.3, 0.4) is 0 Å². The molecule has 2 bridgehead atoms. The summed E-state index contributed by atoms with van der Waals surface area (Å²) < 4.78 is 50.1. The zero-order chi connectivity index (χ0) is 32.5. The number of benzene rings is 2. The Morgan fingerprint density at radius 1 is 0.957 bits per heavy atom. The predicted octanol–water partition coefficient (Wildman–Crippen LogP) is 7.60. The van der Waals surface area contributed by atoms with E-state index >= 15 is 0 Å². The SMILES string of the molecule is C=CC(=O)N1CCn2nc(-c3nc4c5ccsc5c3-c3ccc(F)cc3OCCOC/C=C/CCOc3cc(F)ccc3-4)cc2[C@H]1C. The van der Waals surface area contributed by atoms with Crippen LogP contribution in [0.5, 0.6) is 11.5 Å². The first-order valence-electron chi connectivity index (χ1n) is 15.4. The lowest BCUT2D eigenvalue weighted by atomic mass is 9.96. The van der Waals surface area contributed by atoms with Crippen LogP contribution in [0.1, 0.15) is 25.1 Å². The maximum Gasteiger partial charge on any atom is 0.246 e. The topological polar surface area (TPSA) is 78.7 Å². The molecule has 2 aromatic carbocycles. The molecule has 3 aromatic heterocycles. The first-order valence-corrected chi connectivity index (χ1v) is 16.3. The Morgan fingerprint density at radius 2 is 1.72 bits per heavy atom. The van der Waals surface area contributed by atoms with Crippen molar-refractivity contribution in [3.63, 3.8) is 0 Å². The van der Waals surface area contributed by atoms with Crippen molar-refractivity contribution in [1.29, 1.82) is 0 Å². The van der Waals surface area contributed by atoms with Gasteiger partial charge in [-0.1, -0.05) is 18.7 Å². The number of ether oxygens (including phenoxy) is 3. The standard InChI is InChI=1S/C36H32F2N4O4S/c1-3-32(43)41-12-13-42-29(22(41)2)21-28(40-42)35-33-25-9-7-23(37)19-30(25)46-17-16-44-14-5-4-6-15-45-31-20-24(38)8-10-26(31)34(39-35)27-11-18-47-36(27)33/h3-5,7-11,18-22H,1,6,12-17H2,2H3/b5-4+/t22-/m1/s1. The van der Waals surface area contributed by atoms with E-state index in [0.717, 1.165) is 21.3 Å². The number of carbonyl (C=O) groups excluding carboxylic acids is 1. The first kappa shape index (κ1) is 30.8. The maximum atomic E-state index is 14.7. The lowest BCUT2D eigenvalue weighted by Gasteiger charge is -2.33. The second-order valence-corrected chi connectivity index (χ2v) is 12.2. The van der Waals surface area contributed by atoms with Crippen molar-refractivity contribution in [2.45, 2.75) is 25.9 Å². The summed E-state index contributed by atoms with van der Waals surface area (Å²) >= 11 is 1.51. The van der Waals surface area contributed by atoms with Crippen molar-refractivity contribution < 1.29 is 27.8 Å². The lowest BCUT2D eigenvalue weighted by molar-refractivity contribution is -0.129. The predicted molar refractivity (Wildman–Crippen MR) is 178 cm³/mol. The van der Waals surface area contributed by atoms with Crippen LogP contribution in [0.15, 0.2) is 78.7 Å². The molecule has 8 nitrogen and oxygen atoms in total. The van der Waals surface area contributed by atoms with E-state index in [1.165, 1.54) is 41.7 Å². The molecule has 0 N–H and O–H groups in total. The third-order valence-electron chi connectivity index (χ3n) is 8.39. The Bertz CT molecular complexity index is 2020. The van der Waals surface area contributed by atoms with E-state index in [1.807, 2.05) is 41.3 Å². The van der Waals surface area contributed by atoms with Crippen molar-refractivity contribution in [2.75, 3.05) is 33.0 Å². The molecule has 2 aliphatic heterocycles. The fourth-order valence-electron chi connectivity index (χ4n) is 6.12. The Balaban J connectivity index is 1.49. The molecule has 0 fully saturated rings. The van der Waals surface area contributed by atoms with Crippen molar-refractivity contribution in [2.24, 2.45) is 0 Å². The monoisotopic (exact) mass is 654 g/mol. The second kappa shape index (κ2) is 13.1. The quantitative estimate of drug-likeness (QED) is 0.144. The molecule has 240 valence electrons. The van der Waals surface area contributed by atoms with Crippen LogP contribution < -0.4 is 9.47 Å². The number of aromatic nitrogens is 3. The Kier molecular flexibility index (Phi) is 8.57. The molecule has 47 heavy (non-hydrogen) atoms. The number of pyridine rings is 1. The van der Waals surface area contributed by atoms with E-state index < -0.39 is 11.6 Å². The first-order chi connectivity index (χ1) is 22.9. The van der Waals surface area contributed by atoms with Gasteiger partial charge in [0.15, 0.2) is 0 Å². The van der Waals surface area contributed by atoms with Gasteiger partial charge in [0.25, 0.3) is 0 Å². The van der Waals surface area contributed by atoms with Crippen LogP contribution in [0.2, 0.25) is 0 Å². The summed E-state index contributed by atoms with van der Waals surface area (Å²) in [7, 11) is 0. The minimum atomic E-state index is -0.436. The van der Waals surface area contributed by atoms with Gasteiger partial charge in [-0.25, -0.2) is 13.8 Å². The summed E-state index contributed by atoms with van der Waals surface area (Å²) in [6, 6.07) is 12.6. The van der Waals surface area contributed by atoms with Crippen molar-refractivity contribution in [3.8, 4) is 45.3 Å². The molecule has 0 radical (unpaired) electrons. The van der Waals surface area contributed by atoms with E-state index in [9.17, 15) is 13.6 Å². The Morgan fingerprint density at radius 3 is 2.53 bits per heavy atom. The molecule has 7 rings (SSSR count). The Hall–Kier alpha value is -4.87. The molecule has 0 saturated heterocycles. The molecule has 0 spiro atoms. The molecule has 11 heteroatoms. The average molecular weight is 655 g/mol. The molecule has 0 unspecified atom stereocenters. The van der Waals surface area contributed by atoms with E-state index in [-0.39, 0.29) is 18.6 Å². The average Bonchev–Trinajstić information content (AvgIpc) is 3.74. The molecule has 0 saturated carbocycles. The van der Waals surface area contributed by atoms with Crippen molar-refractivity contribution in [1.82, 2.24) is 19.7 Å². The van der Waals surface area contributed by atoms with Crippen LogP contribution >= 0.6 is 11.3 Å². The number of thiophene rings is 1. The number of amides is 1. The van der Waals surface area contributed by atoms with Crippen molar-refractivity contribution >= 4 is 27.3 Å². The largest absolute Gasteiger partial charge is 0.492 e. The number of fused-ring (bicyclic) bond motifs is 5. The molecule has 1 amide bonds. The molecule has 5 aromatic rings. The number of rotatable bonds is 2. The van der Waals surface area contributed by atoms with Gasteiger partial charge in [0.05, 0.1) is 43.8 Å². The highest BCUT2D eigenvalue weighted by molar-refractivity contribution is 7.18. The second-order valence-electron chi connectivity index (χ2n) is 11.2.